The van der Waals surface area contributed by atoms with E-state index in [1.165, 1.54) is 0 Å². The smallest absolute Gasteiger partial charge is 0.269 e. The van der Waals surface area contributed by atoms with E-state index in [-0.39, 0.29) is 5.91 Å². The summed E-state index contributed by atoms with van der Waals surface area (Å²) in [7, 11) is 0. The van der Waals surface area contributed by atoms with Crippen molar-refractivity contribution in [3.63, 3.8) is 0 Å². The Labute approximate surface area is 141 Å². The molecule has 0 spiro atoms. The van der Waals surface area contributed by atoms with E-state index in [1.54, 1.807) is 12.1 Å². The van der Waals surface area contributed by atoms with Crippen molar-refractivity contribution in [2.45, 2.75) is 6.61 Å². The van der Waals surface area contributed by atoms with Crippen LogP contribution in [0.2, 0.25) is 0 Å². The number of ether oxygens (including phenoxy) is 1. The van der Waals surface area contributed by atoms with Crippen LogP contribution in [-0.4, -0.2) is 5.91 Å². The van der Waals surface area contributed by atoms with E-state index in [2.05, 4.69) is 10.9 Å². The van der Waals surface area contributed by atoms with Crippen LogP contribution >= 0.6 is 0 Å². The van der Waals surface area contributed by atoms with Crippen molar-refractivity contribution in [3.05, 3.63) is 96.1 Å². The SMILES string of the molecule is O=C(NNc1ccc(OCc2ccccc2)cc1)c1ccccc1. The number of amides is 1. The fourth-order valence-electron chi connectivity index (χ4n) is 2.17. The minimum Gasteiger partial charge on any atom is -0.489 e. The van der Waals surface area contributed by atoms with Gasteiger partial charge in [-0.1, -0.05) is 48.5 Å². The molecule has 4 nitrogen and oxygen atoms in total. The van der Waals surface area contributed by atoms with Gasteiger partial charge in [-0.3, -0.25) is 15.6 Å². The van der Waals surface area contributed by atoms with Crippen molar-refractivity contribution in [2.24, 2.45) is 0 Å². The van der Waals surface area contributed by atoms with Crippen molar-refractivity contribution < 1.29 is 9.53 Å². The zero-order valence-electron chi connectivity index (χ0n) is 13.1. The van der Waals surface area contributed by atoms with E-state index in [0.29, 0.717) is 12.2 Å². The second-order valence-corrected chi connectivity index (χ2v) is 5.24. The molecule has 0 aliphatic heterocycles. The van der Waals surface area contributed by atoms with Crippen molar-refractivity contribution in [1.29, 1.82) is 0 Å². The molecule has 0 saturated carbocycles. The highest BCUT2D eigenvalue weighted by molar-refractivity contribution is 5.94. The minimum atomic E-state index is -0.181. The lowest BCUT2D eigenvalue weighted by Gasteiger charge is -2.10. The number of hydrogen-bond donors (Lipinski definition) is 2. The summed E-state index contributed by atoms with van der Waals surface area (Å²) in [4.78, 5) is 11.9. The van der Waals surface area contributed by atoms with E-state index in [0.717, 1.165) is 17.0 Å². The third-order valence-corrected chi connectivity index (χ3v) is 3.46. The molecule has 3 rings (SSSR count). The summed E-state index contributed by atoms with van der Waals surface area (Å²) in [6.07, 6.45) is 0. The summed E-state index contributed by atoms with van der Waals surface area (Å²) in [6, 6.07) is 26.5. The normalized spacial score (nSPS) is 10.0. The van der Waals surface area contributed by atoms with Crippen LogP contribution in [0.3, 0.4) is 0 Å². The van der Waals surface area contributed by atoms with Crippen LogP contribution in [0, 0.1) is 0 Å². The molecule has 0 aliphatic rings. The summed E-state index contributed by atoms with van der Waals surface area (Å²) >= 11 is 0. The Bertz CT molecular complexity index is 772. The predicted molar refractivity (Wildman–Crippen MR) is 94.7 cm³/mol. The molecular formula is C20H18N2O2. The molecule has 1 amide bonds. The molecule has 4 heteroatoms. The van der Waals surface area contributed by atoms with Crippen LogP contribution in [-0.2, 0) is 6.61 Å². The van der Waals surface area contributed by atoms with Gasteiger partial charge in [0.25, 0.3) is 5.91 Å². The first-order valence-electron chi connectivity index (χ1n) is 7.69. The molecule has 0 bridgehead atoms. The lowest BCUT2D eigenvalue weighted by Crippen LogP contribution is -2.29. The highest BCUT2D eigenvalue weighted by Gasteiger charge is 2.03. The third kappa shape index (κ3) is 4.36. The Morgan fingerprint density at radius 1 is 0.792 bits per heavy atom. The fraction of sp³-hybridized carbons (Fsp3) is 0.0500. The van der Waals surface area contributed by atoms with Gasteiger partial charge in [-0.2, -0.15) is 0 Å². The largest absolute Gasteiger partial charge is 0.489 e. The molecule has 3 aromatic rings. The molecule has 0 fully saturated rings. The van der Waals surface area contributed by atoms with Crippen LogP contribution in [0.15, 0.2) is 84.9 Å². The molecule has 0 radical (unpaired) electrons. The van der Waals surface area contributed by atoms with Gasteiger partial charge in [0.05, 0.1) is 5.69 Å². The first-order chi connectivity index (χ1) is 11.8. The second kappa shape index (κ2) is 7.83. The minimum absolute atomic E-state index is 0.181. The molecule has 0 aromatic heterocycles. The van der Waals surface area contributed by atoms with E-state index in [1.807, 2.05) is 72.8 Å². The maximum atomic E-state index is 11.9. The molecule has 24 heavy (non-hydrogen) atoms. The van der Waals surface area contributed by atoms with Crippen molar-refractivity contribution >= 4 is 11.6 Å². The van der Waals surface area contributed by atoms with Crippen LogP contribution in [0.5, 0.6) is 5.75 Å². The molecular weight excluding hydrogens is 300 g/mol. The summed E-state index contributed by atoms with van der Waals surface area (Å²) in [6.45, 7) is 0.526. The van der Waals surface area contributed by atoms with Gasteiger partial charge in [-0.15, -0.1) is 0 Å². The van der Waals surface area contributed by atoms with Crippen molar-refractivity contribution in [2.75, 3.05) is 5.43 Å². The lowest BCUT2D eigenvalue weighted by molar-refractivity contribution is 0.0962. The Morgan fingerprint density at radius 2 is 1.42 bits per heavy atom. The fourth-order valence-corrected chi connectivity index (χ4v) is 2.17. The van der Waals surface area contributed by atoms with Gasteiger partial charge in [0.2, 0.25) is 0 Å². The number of rotatable bonds is 6. The summed E-state index contributed by atoms with van der Waals surface area (Å²) in [5, 5.41) is 0. The maximum Gasteiger partial charge on any atom is 0.269 e. The number of anilines is 1. The average molecular weight is 318 g/mol. The van der Waals surface area contributed by atoms with E-state index in [4.69, 9.17) is 4.74 Å². The molecule has 0 aliphatic carbocycles. The first-order valence-corrected chi connectivity index (χ1v) is 7.69. The van der Waals surface area contributed by atoms with Gasteiger partial charge < -0.3 is 4.74 Å². The second-order valence-electron chi connectivity index (χ2n) is 5.24. The molecule has 120 valence electrons. The van der Waals surface area contributed by atoms with E-state index >= 15 is 0 Å². The Hall–Kier alpha value is -3.27. The first kappa shape index (κ1) is 15.6. The number of hydrogen-bond acceptors (Lipinski definition) is 3. The number of benzene rings is 3. The number of carbonyl (C=O) groups excluding carboxylic acids is 1. The number of carbonyl (C=O) groups is 1. The molecule has 0 atom stereocenters. The van der Waals surface area contributed by atoms with Crippen LogP contribution in [0.25, 0.3) is 0 Å². The van der Waals surface area contributed by atoms with Gasteiger partial charge in [-0.05, 0) is 42.0 Å². The predicted octanol–water partition coefficient (Wildman–Crippen LogP) is 4.02. The molecule has 3 aromatic carbocycles. The highest BCUT2D eigenvalue weighted by atomic mass is 16.5. The monoisotopic (exact) mass is 318 g/mol. The zero-order valence-corrected chi connectivity index (χ0v) is 13.1. The maximum absolute atomic E-state index is 11.9. The van der Waals surface area contributed by atoms with Gasteiger partial charge in [-0.25, -0.2) is 0 Å². The van der Waals surface area contributed by atoms with Crippen LogP contribution < -0.4 is 15.6 Å². The summed E-state index contributed by atoms with van der Waals surface area (Å²) in [5.41, 5.74) is 8.06. The third-order valence-electron chi connectivity index (χ3n) is 3.46. The topological polar surface area (TPSA) is 50.4 Å². The van der Waals surface area contributed by atoms with Crippen LogP contribution in [0.4, 0.5) is 5.69 Å². The summed E-state index contributed by atoms with van der Waals surface area (Å²) < 4.78 is 5.73. The van der Waals surface area contributed by atoms with E-state index in [9.17, 15) is 4.79 Å². The van der Waals surface area contributed by atoms with Gasteiger partial charge in [0.15, 0.2) is 0 Å². The quantitative estimate of drug-likeness (QED) is 0.675. The van der Waals surface area contributed by atoms with Crippen molar-refractivity contribution in [3.8, 4) is 5.75 Å². The highest BCUT2D eigenvalue weighted by Crippen LogP contribution is 2.16. The number of hydrazine groups is 1. The average Bonchev–Trinajstić information content (AvgIpc) is 2.67. The Kier molecular flexibility index (Phi) is 5.10. The molecule has 0 unspecified atom stereocenters. The number of nitrogens with one attached hydrogen (secondary N) is 2. The van der Waals surface area contributed by atoms with Gasteiger partial charge in [0.1, 0.15) is 12.4 Å². The Morgan fingerprint density at radius 3 is 2.08 bits per heavy atom. The zero-order chi connectivity index (χ0) is 16.6. The molecule has 2 N–H and O–H groups in total. The Balaban J connectivity index is 1.50. The van der Waals surface area contributed by atoms with E-state index < -0.39 is 0 Å². The summed E-state index contributed by atoms with van der Waals surface area (Å²) in [5.74, 6) is 0.596. The molecule has 0 heterocycles. The van der Waals surface area contributed by atoms with Gasteiger partial charge >= 0.3 is 0 Å². The van der Waals surface area contributed by atoms with Gasteiger partial charge in [0, 0.05) is 5.56 Å². The molecule has 0 saturated heterocycles. The lowest BCUT2D eigenvalue weighted by atomic mass is 10.2. The van der Waals surface area contributed by atoms with Crippen LogP contribution in [0.1, 0.15) is 15.9 Å². The standard InChI is InChI=1S/C20H18N2O2/c23-20(17-9-5-2-6-10-17)22-21-18-11-13-19(14-12-18)24-15-16-7-3-1-4-8-16/h1-14,21H,15H2,(H,22,23). The van der Waals surface area contributed by atoms with Crippen molar-refractivity contribution in [1.82, 2.24) is 5.43 Å².